The second kappa shape index (κ2) is 5.73. The van der Waals surface area contributed by atoms with E-state index in [9.17, 15) is 8.42 Å². The first-order chi connectivity index (χ1) is 9.79. The molecule has 5 N–H and O–H groups in total. The van der Waals surface area contributed by atoms with Crippen LogP contribution in [-0.2, 0) is 10.0 Å². The minimum absolute atomic E-state index is 0.0966. The van der Waals surface area contributed by atoms with Crippen LogP contribution in [0.4, 0.5) is 17.1 Å². The van der Waals surface area contributed by atoms with Gasteiger partial charge in [-0.1, -0.05) is 15.9 Å². The van der Waals surface area contributed by atoms with Crippen LogP contribution < -0.4 is 16.2 Å². The normalized spacial score (nSPS) is 10.9. The van der Waals surface area contributed by atoms with Crippen LogP contribution in [0.1, 0.15) is 5.56 Å². The van der Waals surface area contributed by atoms with Crippen molar-refractivity contribution in [3.63, 3.8) is 0 Å². The van der Waals surface area contributed by atoms with Gasteiger partial charge in [-0.05, 0) is 36.4 Å². The lowest BCUT2D eigenvalue weighted by molar-refractivity contribution is 0.598. The van der Waals surface area contributed by atoms with Crippen LogP contribution in [0.5, 0.6) is 0 Å². The highest BCUT2D eigenvalue weighted by atomic mass is 79.9. The van der Waals surface area contributed by atoms with Crippen molar-refractivity contribution in [1.29, 1.82) is 5.26 Å². The fraction of sp³-hybridized carbons (Fsp3) is 0. The van der Waals surface area contributed by atoms with Crippen LogP contribution in [0.25, 0.3) is 0 Å². The summed E-state index contributed by atoms with van der Waals surface area (Å²) >= 11 is 3.28. The summed E-state index contributed by atoms with van der Waals surface area (Å²) in [6.45, 7) is 0. The average molecular weight is 367 g/mol. The van der Waals surface area contributed by atoms with E-state index in [1.165, 1.54) is 12.1 Å². The van der Waals surface area contributed by atoms with Crippen LogP contribution in [0.15, 0.2) is 45.8 Å². The average Bonchev–Trinajstić information content (AvgIpc) is 2.39. The van der Waals surface area contributed by atoms with Crippen molar-refractivity contribution in [3.05, 3.63) is 46.4 Å². The number of benzene rings is 2. The minimum Gasteiger partial charge on any atom is -0.399 e. The van der Waals surface area contributed by atoms with E-state index < -0.39 is 10.0 Å². The smallest absolute Gasteiger partial charge is 0.238 e. The van der Waals surface area contributed by atoms with E-state index in [4.69, 9.17) is 16.1 Å². The largest absolute Gasteiger partial charge is 0.399 e. The molecular formula is C13H11BrN4O2S. The highest BCUT2D eigenvalue weighted by Crippen LogP contribution is 2.26. The number of halogens is 1. The molecule has 0 unspecified atom stereocenters. The van der Waals surface area contributed by atoms with E-state index in [1.54, 1.807) is 24.3 Å². The van der Waals surface area contributed by atoms with Crippen LogP contribution in [-0.4, -0.2) is 8.42 Å². The maximum absolute atomic E-state index is 11.4. The summed E-state index contributed by atoms with van der Waals surface area (Å²) in [4.78, 5) is -0.0966. The number of nitrogens with two attached hydrogens (primary N) is 2. The fourth-order valence-electron chi connectivity index (χ4n) is 1.73. The molecule has 0 saturated heterocycles. The molecule has 21 heavy (non-hydrogen) atoms. The molecule has 8 heteroatoms. The van der Waals surface area contributed by atoms with Gasteiger partial charge in [-0.15, -0.1) is 0 Å². The number of nitrogens with zero attached hydrogens (tertiary/aromatic N) is 1. The summed E-state index contributed by atoms with van der Waals surface area (Å²) < 4.78 is 23.6. The number of hydrogen-bond donors (Lipinski definition) is 3. The van der Waals surface area contributed by atoms with Gasteiger partial charge >= 0.3 is 0 Å². The first kappa shape index (κ1) is 15.3. The molecule has 0 aliphatic heterocycles. The Kier molecular flexibility index (Phi) is 4.18. The molecule has 0 aliphatic rings. The molecule has 0 bridgehead atoms. The van der Waals surface area contributed by atoms with Crippen molar-refractivity contribution in [2.45, 2.75) is 4.90 Å². The van der Waals surface area contributed by atoms with Gasteiger partial charge in [0.2, 0.25) is 10.0 Å². The van der Waals surface area contributed by atoms with E-state index in [0.29, 0.717) is 16.9 Å². The first-order valence-corrected chi connectivity index (χ1v) is 8.03. The third-order valence-electron chi connectivity index (χ3n) is 2.64. The second-order valence-electron chi connectivity index (χ2n) is 4.26. The summed E-state index contributed by atoms with van der Waals surface area (Å²) in [6.07, 6.45) is 0. The SMILES string of the molecule is N#Cc1cc(Br)ccc1Nc1cc(N)cc(S(N)(=O)=O)c1. The molecule has 2 rings (SSSR count). The number of primary sulfonamides is 1. The van der Waals surface area contributed by atoms with Crippen LogP contribution in [0, 0.1) is 11.3 Å². The predicted molar refractivity (Wildman–Crippen MR) is 84.4 cm³/mol. The highest BCUT2D eigenvalue weighted by Gasteiger charge is 2.11. The maximum Gasteiger partial charge on any atom is 0.238 e. The molecule has 0 radical (unpaired) electrons. The Labute approximate surface area is 130 Å². The van der Waals surface area contributed by atoms with Gasteiger partial charge in [0, 0.05) is 15.8 Å². The Bertz CT molecular complexity index is 844. The molecule has 108 valence electrons. The van der Waals surface area contributed by atoms with E-state index in [1.807, 2.05) is 6.07 Å². The van der Waals surface area contributed by atoms with Crippen LogP contribution >= 0.6 is 15.9 Å². The molecule has 0 heterocycles. The van der Waals surface area contributed by atoms with Gasteiger partial charge in [-0.2, -0.15) is 5.26 Å². The molecule has 0 amide bonds. The number of anilines is 3. The van der Waals surface area contributed by atoms with Crippen molar-refractivity contribution in [2.24, 2.45) is 5.14 Å². The Morgan fingerprint density at radius 1 is 1.19 bits per heavy atom. The highest BCUT2D eigenvalue weighted by molar-refractivity contribution is 9.10. The summed E-state index contributed by atoms with van der Waals surface area (Å²) in [7, 11) is -3.86. The number of nitrogen functional groups attached to an aromatic ring is 1. The van der Waals surface area contributed by atoms with Crippen LogP contribution in [0.2, 0.25) is 0 Å². The molecule has 0 aromatic heterocycles. The van der Waals surface area contributed by atoms with Gasteiger partial charge in [-0.3, -0.25) is 0 Å². The van der Waals surface area contributed by atoms with Crippen molar-refractivity contribution in [2.75, 3.05) is 11.1 Å². The Balaban J connectivity index is 2.46. The lowest BCUT2D eigenvalue weighted by Gasteiger charge is -2.11. The van der Waals surface area contributed by atoms with Crippen molar-refractivity contribution >= 4 is 43.0 Å². The summed E-state index contributed by atoms with van der Waals surface area (Å²) in [5, 5.41) is 17.2. The zero-order valence-corrected chi connectivity index (χ0v) is 13.1. The molecule has 2 aromatic rings. The van der Waals surface area contributed by atoms with E-state index >= 15 is 0 Å². The molecule has 0 saturated carbocycles. The lowest BCUT2D eigenvalue weighted by Crippen LogP contribution is -2.12. The lowest BCUT2D eigenvalue weighted by atomic mass is 10.2. The third-order valence-corrected chi connectivity index (χ3v) is 4.02. The monoisotopic (exact) mass is 366 g/mol. The van der Waals surface area contributed by atoms with Gasteiger partial charge in [0.25, 0.3) is 0 Å². The van der Waals surface area contributed by atoms with Gasteiger partial charge in [0.1, 0.15) is 6.07 Å². The number of nitriles is 1. The third kappa shape index (κ3) is 3.72. The molecule has 0 atom stereocenters. The molecular weight excluding hydrogens is 356 g/mol. The zero-order chi connectivity index (χ0) is 15.6. The minimum atomic E-state index is -3.86. The van der Waals surface area contributed by atoms with Crippen molar-refractivity contribution in [1.82, 2.24) is 0 Å². The molecule has 0 spiro atoms. The Morgan fingerprint density at radius 2 is 1.90 bits per heavy atom. The van der Waals surface area contributed by atoms with Crippen molar-refractivity contribution < 1.29 is 8.42 Å². The van der Waals surface area contributed by atoms with E-state index in [2.05, 4.69) is 21.2 Å². The number of rotatable bonds is 3. The quantitative estimate of drug-likeness (QED) is 0.719. The standard InChI is InChI=1S/C13H11BrN4O2S/c14-9-1-2-13(8(3-9)7-15)18-11-4-10(16)5-12(6-11)21(17,19)20/h1-6,18H,16H2,(H2,17,19,20). The van der Waals surface area contributed by atoms with Gasteiger partial charge in [-0.25, -0.2) is 13.6 Å². The fourth-order valence-corrected chi connectivity index (χ4v) is 2.68. The number of hydrogen-bond acceptors (Lipinski definition) is 5. The van der Waals surface area contributed by atoms with Crippen LogP contribution in [0.3, 0.4) is 0 Å². The van der Waals surface area contributed by atoms with Gasteiger partial charge < -0.3 is 11.1 Å². The summed E-state index contributed by atoms with van der Waals surface area (Å²) in [6, 6.07) is 11.3. The van der Waals surface area contributed by atoms with Gasteiger partial charge in [0.05, 0.1) is 16.1 Å². The van der Waals surface area contributed by atoms with E-state index in [0.717, 1.165) is 4.47 Å². The second-order valence-corrected chi connectivity index (χ2v) is 6.74. The molecule has 2 aromatic carbocycles. The van der Waals surface area contributed by atoms with Crippen molar-refractivity contribution in [3.8, 4) is 6.07 Å². The Morgan fingerprint density at radius 3 is 2.52 bits per heavy atom. The molecule has 0 fully saturated rings. The molecule has 0 aliphatic carbocycles. The molecule has 6 nitrogen and oxygen atoms in total. The number of nitrogens with one attached hydrogen (secondary N) is 1. The van der Waals surface area contributed by atoms with E-state index in [-0.39, 0.29) is 10.6 Å². The zero-order valence-electron chi connectivity index (χ0n) is 10.7. The predicted octanol–water partition coefficient (Wildman–Crippen LogP) is 2.29. The Hall–Kier alpha value is -2.08. The first-order valence-electron chi connectivity index (χ1n) is 5.69. The number of sulfonamides is 1. The summed E-state index contributed by atoms with van der Waals surface area (Å²) in [5.74, 6) is 0. The maximum atomic E-state index is 11.4. The topological polar surface area (TPSA) is 122 Å². The van der Waals surface area contributed by atoms with Gasteiger partial charge in [0.15, 0.2) is 0 Å². The summed E-state index contributed by atoms with van der Waals surface area (Å²) in [5.41, 5.74) is 7.29.